The lowest BCUT2D eigenvalue weighted by atomic mass is 9.91. The number of hydrogen-bond donors (Lipinski definition) is 0. The van der Waals surface area contributed by atoms with Gasteiger partial charge in [-0.3, -0.25) is 4.90 Å². The largest absolute Gasteiger partial charge is 0.352 e. The summed E-state index contributed by atoms with van der Waals surface area (Å²) >= 11 is 0. The van der Waals surface area contributed by atoms with Crippen LogP contribution in [0.1, 0.15) is 19.3 Å². The maximum Gasteiger partial charge on any atom is 0.183 e. The Morgan fingerprint density at radius 3 is 2.53 bits per heavy atom. The van der Waals surface area contributed by atoms with E-state index in [-0.39, 0.29) is 5.82 Å². The molecule has 0 atom stereocenters. The molecule has 2 heterocycles. The lowest BCUT2D eigenvalue weighted by Crippen LogP contribution is -2.52. The van der Waals surface area contributed by atoms with Gasteiger partial charge in [0.2, 0.25) is 0 Å². The average Bonchev–Trinajstić information content (AvgIpc) is 2.29. The van der Waals surface area contributed by atoms with Crippen molar-refractivity contribution in [3.05, 3.63) is 18.3 Å². The van der Waals surface area contributed by atoms with E-state index in [0.29, 0.717) is 5.82 Å². The summed E-state index contributed by atoms with van der Waals surface area (Å²) in [6.07, 6.45) is 6.69. The number of anilines is 1. The molecule has 0 spiro atoms. The summed E-state index contributed by atoms with van der Waals surface area (Å²) in [4.78, 5) is 12.3. The summed E-state index contributed by atoms with van der Waals surface area (Å²) in [7, 11) is 0. The Morgan fingerprint density at radius 2 is 1.94 bits per heavy atom. The van der Waals surface area contributed by atoms with Gasteiger partial charge in [-0.25, -0.2) is 14.4 Å². The van der Waals surface area contributed by atoms with Crippen molar-refractivity contribution in [3.63, 3.8) is 0 Å². The van der Waals surface area contributed by atoms with E-state index in [9.17, 15) is 4.39 Å². The Balaban J connectivity index is 1.63. The Hall–Kier alpha value is -1.23. The van der Waals surface area contributed by atoms with Gasteiger partial charge in [0.15, 0.2) is 11.6 Å². The lowest BCUT2D eigenvalue weighted by molar-refractivity contribution is 0.120. The molecule has 1 aromatic rings. The third-order valence-electron chi connectivity index (χ3n) is 3.85. The van der Waals surface area contributed by atoms with Gasteiger partial charge in [0.05, 0.1) is 6.20 Å². The first-order valence-corrected chi connectivity index (χ1v) is 6.29. The molecule has 0 bridgehead atoms. The Kier molecular flexibility index (Phi) is 2.93. The molecule has 0 aromatic carbocycles. The second kappa shape index (κ2) is 4.56. The van der Waals surface area contributed by atoms with E-state index >= 15 is 0 Å². The van der Waals surface area contributed by atoms with Crippen molar-refractivity contribution in [1.82, 2.24) is 14.9 Å². The molecular weight excluding hydrogens is 219 g/mol. The fraction of sp³-hybridized carbons (Fsp3) is 0.667. The monoisotopic (exact) mass is 236 g/mol. The van der Waals surface area contributed by atoms with E-state index in [2.05, 4.69) is 14.9 Å². The summed E-state index contributed by atoms with van der Waals surface area (Å²) in [5.74, 6) is 0.137. The first-order valence-electron chi connectivity index (χ1n) is 6.29. The maximum absolute atomic E-state index is 13.5. The topological polar surface area (TPSA) is 32.3 Å². The molecule has 0 N–H and O–H groups in total. The first kappa shape index (κ1) is 10.9. The van der Waals surface area contributed by atoms with Crippen LogP contribution in [0.3, 0.4) is 0 Å². The van der Waals surface area contributed by atoms with Crippen molar-refractivity contribution in [3.8, 4) is 0 Å². The Morgan fingerprint density at radius 1 is 1.18 bits per heavy atom. The molecule has 0 amide bonds. The van der Waals surface area contributed by atoms with Gasteiger partial charge in [-0.15, -0.1) is 0 Å². The van der Waals surface area contributed by atoms with Crippen LogP contribution in [-0.4, -0.2) is 47.1 Å². The highest BCUT2D eigenvalue weighted by molar-refractivity contribution is 5.38. The number of hydrogen-bond acceptors (Lipinski definition) is 4. The second-order valence-electron chi connectivity index (χ2n) is 4.80. The molecule has 0 unspecified atom stereocenters. The average molecular weight is 236 g/mol. The summed E-state index contributed by atoms with van der Waals surface area (Å²) in [5, 5.41) is 0. The normalized spacial score (nSPS) is 22.5. The number of halogens is 1. The molecule has 1 saturated carbocycles. The van der Waals surface area contributed by atoms with Crippen LogP contribution < -0.4 is 4.90 Å². The second-order valence-corrected chi connectivity index (χ2v) is 4.80. The van der Waals surface area contributed by atoms with Crippen LogP contribution in [0.15, 0.2) is 12.5 Å². The van der Waals surface area contributed by atoms with Crippen molar-refractivity contribution in [1.29, 1.82) is 0 Å². The van der Waals surface area contributed by atoms with Gasteiger partial charge in [-0.05, 0) is 12.8 Å². The van der Waals surface area contributed by atoms with Crippen molar-refractivity contribution in [2.45, 2.75) is 25.3 Å². The van der Waals surface area contributed by atoms with Gasteiger partial charge < -0.3 is 4.90 Å². The van der Waals surface area contributed by atoms with Crippen molar-refractivity contribution < 1.29 is 4.39 Å². The third kappa shape index (κ3) is 2.11. The zero-order valence-electron chi connectivity index (χ0n) is 9.85. The quantitative estimate of drug-likeness (QED) is 0.774. The molecule has 2 aliphatic rings. The van der Waals surface area contributed by atoms with Crippen molar-refractivity contribution in [2.75, 3.05) is 31.1 Å². The summed E-state index contributed by atoms with van der Waals surface area (Å²) in [6, 6.07) is 0.785. The molecule has 1 aliphatic carbocycles. The zero-order chi connectivity index (χ0) is 11.7. The van der Waals surface area contributed by atoms with E-state index in [1.54, 1.807) is 0 Å². The predicted molar refractivity (Wildman–Crippen MR) is 63.4 cm³/mol. The Labute approximate surface area is 100 Å². The van der Waals surface area contributed by atoms with Crippen LogP contribution in [0.25, 0.3) is 0 Å². The van der Waals surface area contributed by atoms with Gasteiger partial charge in [-0.2, -0.15) is 0 Å². The van der Waals surface area contributed by atoms with E-state index in [1.807, 2.05) is 4.90 Å². The molecule has 4 nitrogen and oxygen atoms in total. The summed E-state index contributed by atoms with van der Waals surface area (Å²) in [6.45, 7) is 3.77. The molecule has 1 saturated heterocycles. The van der Waals surface area contributed by atoms with Crippen molar-refractivity contribution >= 4 is 5.82 Å². The fourth-order valence-corrected chi connectivity index (χ4v) is 2.59. The van der Waals surface area contributed by atoms with E-state index in [0.717, 1.165) is 32.2 Å². The van der Waals surface area contributed by atoms with Crippen LogP contribution in [0, 0.1) is 5.82 Å². The molecule has 92 valence electrons. The fourth-order valence-electron chi connectivity index (χ4n) is 2.59. The summed E-state index contributed by atoms with van der Waals surface area (Å²) in [5.41, 5.74) is 0. The molecule has 5 heteroatoms. The molecule has 17 heavy (non-hydrogen) atoms. The van der Waals surface area contributed by atoms with Gasteiger partial charge in [-0.1, -0.05) is 6.42 Å². The van der Waals surface area contributed by atoms with Crippen LogP contribution in [-0.2, 0) is 0 Å². The van der Waals surface area contributed by atoms with E-state index < -0.39 is 0 Å². The van der Waals surface area contributed by atoms with Crippen LogP contribution >= 0.6 is 0 Å². The zero-order valence-corrected chi connectivity index (χ0v) is 9.85. The first-order chi connectivity index (χ1) is 8.34. The predicted octanol–water partition coefficient (Wildman–Crippen LogP) is 1.29. The van der Waals surface area contributed by atoms with Gasteiger partial charge in [0, 0.05) is 32.2 Å². The van der Waals surface area contributed by atoms with Gasteiger partial charge in [0.25, 0.3) is 0 Å². The standard InChI is InChI=1S/C12H17FN4/c13-11-8-14-9-15-12(11)17-6-4-16(5-7-17)10-2-1-3-10/h8-10H,1-7H2. The minimum absolute atomic E-state index is 0.315. The Bertz CT molecular complexity index is 386. The van der Waals surface area contributed by atoms with Crippen molar-refractivity contribution in [2.24, 2.45) is 0 Å². The molecule has 0 radical (unpaired) electrons. The minimum Gasteiger partial charge on any atom is -0.352 e. The number of nitrogens with zero attached hydrogens (tertiary/aromatic N) is 4. The smallest absolute Gasteiger partial charge is 0.183 e. The van der Waals surface area contributed by atoms with Crippen LogP contribution in [0.2, 0.25) is 0 Å². The van der Waals surface area contributed by atoms with Gasteiger partial charge in [0.1, 0.15) is 6.33 Å². The summed E-state index contributed by atoms with van der Waals surface area (Å²) < 4.78 is 13.5. The molecule has 1 aromatic heterocycles. The number of piperazine rings is 1. The molecule has 3 rings (SSSR count). The number of aromatic nitrogens is 2. The SMILES string of the molecule is Fc1cncnc1N1CCN(C2CCC2)CC1. The lowest BCUT2D eigenvalue weighted by Gasteiger charge is -2.43. The highest BCUT2D eigenvalue weighted by Gasteiger charge is 2.28. The molecular formula is C12H17FN4. The minimum atomic E-state index is -0.315. The molecule has 1 aliphatic heterocycles. The van der Waals surface area contributed by atoms with E-state index in [4.69, 9.17) is 0 Å². The molecule has 2 fully saturated rings. The maximum atomic E-state index is 13.5. The van der Waals surface area contributed by atoms with Crippen LogP contribution in [0.4, 0.5) is 10.2 Å². The van der Waals surface area contributed by atoms with Crippen LogP contribution in [0.5, 0.6) is 0 Å². The van der Waals surface area contributed by atoms with Gasteiger partial charge >= 0.3 is 0 Å². The third-order valence-corrected chi connectivity index (χ3v) is 3.85. The highest BCUT2D eigenvalue weighted by atomic mass is 19.1. The number of rotatable bonds is 2. The highest BCUT2D eigenvalue weighted by Crippen LogP contribution is 2.26. The van der Waals surface area contributed by atoms with E-state index in [1.165, 1.54) is 31.8 Å².